The van der Waals surface area contributed by atoms with Gasteiger partial charge in [0.15, 0.2) is 11.5 Å². The highest BCUT2D eigenvalue weighted by molar-refractivity contribution is 6.39. The van der Waals surface area contributed by atoms with Crippen LogP contribution in [0.1, 0.15) is 22.3 Å². The molecular formula is C33H25Cl3N2O6. The number of halogens is 3. The molecule has 0 saturated carbocycles. The first-order valence-electron chi connectivity index (χ1n) is 13.3. The SMILES string of the molecule is COc1cc(/C=C2\C(=O)NC(=O)N(c3ccc(OCc4ccc(Cl)cc4Cl)cc3)C2=O)cc(Cl)c1OCc1ccc(C)cc1. The van der Waals surface area contributed by atoms with Crippen LogP contribution in [0, 0.1) is 6.92 Å². The lowest BCUT2D eigenvalue weighted by atomic mass is 10.1. The molecule has 0 radical (unpaired) electrons. The third kappa shape index (κ3) is 7.00. The quantitative estimate of drug-likeness (QED) is 0.147. The molecule has 0 aromatic heterocycles. The number of barbiturate groups is 1. The summed E-state index contributed by atoms with van der Waals surface area (Å²) in [6.45, 7) is 2.44. The predicted molar refractivity (Wildman–Crippen MR) is 170 cm³/mol. The molecule has 1 aliphatic rings. The number of anilines is 1. The van der Waals surface area contributed by atoms with Crippen molar-refractivity contribution in [3.8, 4) is 17.2 Å². The highest BCUT2D eigenvalue weighted by atomic mass is 35.5. The number of carbonyl (C=O) groups is 3. The Bertz CT molecular complexity index is 1770. The van der Waals surface area contributed by atoms with Crippen LogP contribution in [-0.4, -0.2) is 25.0 Å². The number of benzene rings is 4. The molecule has 44 heavy (non-hydrogen) atoms. The number of amides is 4. The molecule has 0 aliphatic carbocycles. The molecule has 1 aliphatic heterocycles. The largest absolute Gasteiger partial charge is 0.493 e. The first kappa shape index (κ1) is 30.9. The van der Waals surface area contributed by atoms with Gasteiger partial charge < -0.3 is 14.2 Å². The third-order valence-electron chi connectivity index (χ3n) is 6.67. The molecule has 4 amide bonds. The number of nitrogens with zero attached hydrogens (tertiary/aromatic N) is 1. The molecule has 0 bridgehead atoms. The Hall–Kier alpha value is -4.50. The summed E-state index contributed by atoms with van der Waals surface area (Å²) in [5.74, 6) is -0.554. The van der Waals surface area contributed by atoms with Crippen molar-refractivity contribution in [2.45, 2.75) is 20.1 Å². The lowest BCUT2D eigenvalue weighted by Gasteiger charge is -2.26. The van der Waals surface area contributed by atoms with E-state index in [1.807, 2.05) is 31.2 Å². The van der Waals surface area contributed by atoms with E-state index in [-0.39, 0.29) is 29.5 Å². The summed E-state index contributed by atoms with van der Waals surface area (Å²) in [7, 11) is 1.46. The number of methoxy groups -OCH3 is 1. The van der Waals surface area contributed by atoms with Gasteiger partial charge in [-0.25, -0.2) is 9.69 Å². The Morgan fingerprint density at radius 2 is 1.55 bits per heavy atom. The first-order valence-corrected chi connectivity index (χ1v) is 14.4. The Morgan fingerprint density at radius 1 is 0.818 bits per heavy atom. The molecule has 4 aromatic carbocycles. The van der Waals surface area contributed by atoms with E-state index in [1.165, 1.54) is 25.3 Å². The highest BCUT2D eigenvalue weighted by Gasteiger charge is 2.37. The van der Waals surface area contributed by atoms with E-state index >= 15 is 0 Å². The number of hydrogen-bond acceptors (Lipinski definition) is 6. The normalized spacial score (nSPS) is 14.1. The van der Waals surface area contributed by atoms with E-state index in [9.17, 15) is 14.4 Å². The zero-order valence-electron chi connectivity index (χ0n) is 23.5. The van der Waals surface area contributed by atoms with Crippen molar-refractivity contribution in [2.24, 2.45) is 0 Å². The topological polar surface area (TPSA) is 94.2 Å². The van der Waals surface area contributed by atoms with Crippen molar-refractivity contribution in [1.82, 2.24) is 5.32 Å². The number of hydrogen-bond donors (Lipinski definition) is 1. The molecule has 224 valence electrons. The van der Waals surface area contributed by atoms with E-state index in [2.05, 4.69) is 5.32 Å². The van der Waals surface area contributed by atoms with Crippen molar-refractivity contribution in [3.05, 3.63) is 122 Å². The van der Waals surface area contributed by atoms with E-state index in [4.69, 9.17) is 49.0 Å². The van der Waals surface area contributed by atoms with Gasteiger partial charge in [-0.2, -0.15) is 0 Å². The molecule has 1 fully saturated rings. The summed E-state index contributed by atoms with van der Waals surface area (Å²) >= 11 is 18.7. The van der Waals surface area contributed by atoms with Gasteiger partial charge in [0.2, 0.25) is 0 Å². The van der Waals surface area contributed by atoms with E-state index in [0.717, 1.165) is 21.6 Å². The summed E-state index contributed by atoms with van der Waals surface area (Å²) < 4.78 is 17.2. The van der Waals surface area contributed by atoms with Crippen molar-refractivity contribution >= 4 is 64.4 Å². The van der Waals surface area contributed by atoms with Crippen molar-refractivity contribution in [2.75, 3.05) is 12.0 Å². The van der Waals surface area contributed by atoms with Crippen LogP contribution >= 0.6 is 34.8 Å². The molecule has 11 heteroatoms. The minimum absolute atomic E-state index is 0.182. The van der Waals surface area contributed by atoms with Gasteiger partial charge in [0.25, 0.3) is 11.8 Å². The predicted octanol–water partition coefficient (Wildman–Crippen LogP) is 7.79. The molecule has 1 N–H and O–H groups in total. The van der Waals surface area contributed by atoms with E-state index in [0.29, 0.717) is 32.9 Å². The van der Waals surface area contributed by atoms with Crippen LogP contribution in [0.15, 0.2) is 84.4 Å². The number of rotatable bonds is 9. The van der Waals surface area contributed by atoms with Gasteiger partial charge in [0.05, 0.1) is 17.8 Å². The lowest BCUT2D eigenvalue weighted by molar-refractivity contribution is -0.122. The van der Waals surface area contributed by atoms with Crippen LogP contribution in [-0.2, 0) is 22.8 Å². The number of nitrogens with one attached hydrogen (secondary N) is 1. The molecule has 8 nitrogen and oxygen atoms in total. The zero-order valence-corrected chi connectivity index (χ0v) is 25.8. The fourth-order valence-corrected chi connectivity index (χ4v) is 5.09. The second kappa shape index (κ2) is 13.4. The Balaban J connectivity index is 1.33. The van der Waals surface area contributed by atoms with Crippen LogP contribution < -0.4 is 24.4 Å². The van der Waals surface area contributed by atoms with Gasteiger partial charge in [-0.05, 0) is 72.7 Å². The number of ether oxygens (including phenoxy) is 3. The highest BCUT2D eigenvalue weighted by Crippen LogP contribution is 2.38. The van der Waals surface area contributed by atoms with Crippen LogP contribution in [0.3, 0.4) is 0 Å². The molecule has 5 rings (SSSR count). The second-order valence-corrected chi connectivity index (χ2v) is 11.0. The molecule has 4 aromatic rings. The monoisotopic (exact) mass is 650 g/mol. The number of aryl methyl sites for hydroxylation is 1. The Morgan fingerprint density at radius 3 is 2.23 bits per heavy atom. The zero-order chi connectivity index (χ0) is 31.4. The average molecular weight is 652 g/mol. The summed E-state index contributed by atoms with van der Waals surface area (Å²) in [6, 6.07) is 21.5. The molecule has 0 unspecified atom stereocenters. The fraction of sp³-hybridized carbons (Fsp3) is 0.121. The second-order valence-electron chi connectivity index (χ2n) is 9.78. The number of imide groups is 2. The maximum Gasteiger partial charge on any atom is 0.335 e. The van der Waals surface area contributed by atoms with Crippen LogP contribution in [0.25, 0.3) is 6.08 Å². The summed E-state index contributed by atoms with van der Waals surface area (Å²) in [4.78, 5) is 39.7. The lowest BCUT2D eigenvalue weighted by Crippen LogP contribution is -2.54. The number of carbonyl (C=O) groups excluding carboxylic acids is 3. The van der Waals surface area contributed by atoms with Crippen molar-refractivity contribution < 1.29 is 28.6 Å². The molecule has 1 heterocycles. The molecule has 1 saturated heterocycles. The maximum absolute atomic E-state index is 13.4. The third-order valence-corrected chi connectivity index (χ3v) is 7.54. The Kier molecular flexibility index (Phi) is 9.44. The van der Waals surface area contributed by atoms with E-state index < -0.39 is 17.8 Å². The number of urea groups is 1. The van der Waals surface area contributed by atoms with Crippen LogP contribution in [0.2, 0.25) is 15.1 Å². The Labute approximate surface area is 268 Å². The standard InChI is InChI=1S/C33H25Cl3N2O6/c1-19-3-5-20(6-4-19)17-44-30-28(36)14-21(15-29(30)42-2)13-26-31(39)37-33(41)38(32(26)40)24-9-11-25(12-10-24)43-18-22-7-8-23(34)16-27(22)35/h3-16H,17-18H2,1-2H3,(H,37,39,41)/b26-13+. The molecular weight excluding hydrogens is 627 g/mol. The molecule has 0 spiro atoms. The van der Waals surface area contributed by atoms with Crippen LogP contribution in [0.4, 0.5) is 10.5 Å². The summed E-state index contributed by atoms with van der Waals surface area (Å²) in [6.07, 6.45) is 1.34. The smallest absolute Gasteiger partial charge is 0.335 e. The average Bonchev–Trinajstić information content (AvgIpc) is 2.99. The summed E-state index contributed by atoms with van der Waals surface area (Å²) in [5, 5.41) is 3.41. The minimum atomic E-state index is -0.880. The van der Waals surface area contributed by atoms with Gasteiger partial charge in [-0.3, -0.25) is 14.9 Å². The van der Waals surface area contributed by atoms with Crippen molar-refractivity contribution in [1.29, 1.82) is 0 Å². The van der Waals surface area contributed by atoms with Gasteiger partial charge in [-0.1, -0.05) is 70.7 Å². The van der Waals surface area contributed by atoms with Gasteiger partial charge >= 0.3 is 6.03 Å². The van der Waals surface area contributed by atoms with Crippen LogP contribution in [0.5, 0.6) is 17.2 Å². The summed E-state index contributed by atoms with van der Waals surface area (Å²) in [5.41, 5.74) is 3.17. The molecule has 0 atom stereocenters. The first-order chi connectivity index (χ1) is 21.1. The fourth-order valence-electron chi connectivity index (χ4n) is 4.35. The van der Waals surface area contributed by atoms with Gasteiger partial charge in [0, 0.05) is 15.6 Å². The van der Waals surface area contributed by atoms with Crippen molar-refractivity contribution in [3.63, 3.8) is 0 Å². The minimum Gasteiger partial charge on any atom is -0.493 e. The van der Waals surface area contributed by atoms with Gasteiger partial charge in [-0.15, -0.1) is 0 Å². The maximum atomic E-state index is 13.4. The van der Waals surface area contributed by atoms with E-state index in [1.54, 1.807) is 42.5 Å². The van der Waals surface area contributed by atoms with Gasteiger partial charge in [0.1, 0.15) is 24.5 Å².